The Kier molecular flexibility index (Phi) is 13.1. The van der Waals surface area contributed by atoms with Gasteiger partial charge in [-0.05, 0) is 127 Å². The normalized spacial score (nSPS) is 18.3. The monoisotopic (exact) mass is 796 g/mol. The van der Waals surface area contributed by atoms with Crippen LogP contribution in [0.4, 0.5) is 9.59 Å². The molecule has 0 radical (unpaired) electrons. The number of rotatable bonds is 10. The predicted octanol–water partition coefficient (Wildman–Crippen LogP) is 6.77. The Balaban J connectivity index is 1.68. The molecule has 2 heterocycles. The SMILES string of the molecule is CC(C)(C)OC(=O)N1CCC(CC(c2ccc(S(C)(=O)=O)cc2)S(=O)(=O)C(CC2CCN(C(=O)OC(C)(C)C)CC2)c2ccc(S(C)(=O)=O)cc2)CC1. The summed E-state index contributed by atoms with van der Waals surface area (Å²) in [4.78, 5) is 29.0. The van der Waals surface area contributed by atoms with Gasteiger partial charge in [-0.25, -0.2) is 34.8 Å². The van der Waals surface area contributed by atoms with E-state index in [9.17, 15) is 26.4 Å². The number of amides is 2. The molecular formula is C38H56N2O10S3. The van der Waals surface area contributed by atoms with Gasteiger partial charge < -0.3 is 19.3 Å². The number of piperidine rings is 2. The van der Waals surface area contributed by atoms with Crippen LogP contribution in [0.2, 0.25) is 0 Å². The Hall–Kier alpha value is -3.17. The summed E-state index contributed by atoms with van der Waals surface area (Å²) in [6.07, 6.45) is 4.10. The maximum Gasteiger partial charge on any atom is 0.410 e. The van der Waals surface area contributed by atoms with E-state index in [1.807, 2.05) is 0 Å². The summed E-state index contributed by atoms with van der Waals surface area (Å²) in [5.41, 5.74) is -0.368. The molecule has 2 fully saturated rings. The highest BCUT2D eigenvalue weighted by Gasteiger charge is 2.41. The Labute approximate surface area is 316 Å². The average Bonchev–Trinajstić information content (AvgIpc) is 3.04. The topological polar surface area (TPSA) is 162 Å². The fourth-order valence-electron chi connectivity index (χ4n) is 6.94. The van der Waals surface area contributed by atoms with Crippen LogP contribution in [0.15, 0.2) is 58.3 Å². The number of hydrogen-bond acceptors (Lipinski definition) is 10. The molecule has 2 saturated heterocycles. The van der Waals surface area contributed by atoms with Gasteiger partial charge in [-0.3, -0.25) is 0 Å². The molecule has 0 spiro atoms. The van der Waals surface area contributed by atoms with Crippen LogP contribution in [0.1, 0.15) is 102 Å². The second kappa shape index (κ2) is 16.3. The van der Waals surface area contributed by atoms with Crippen LogP contribution in [-0.4, -0.2) is 97.1 Å². The molecule has 2 aliphatic rings. The third-order valence-electron chi connectivity index (χ3n) is 9.78. The van der Waals surface area contributed by atoms with Crippen molar-refractivity contribution in [1.29, 1.82) is 0 Å². The minimum absolute atomic E-state index is 0.0617. The van der Waals surface area contributed by atoms with Crippen molar-refractivity contribution in [2.75, 3.05) is 38.7 Å². The maximum atomic E-state index is 15.2. The van der Waals surface area contributed by atoms with E-state index < -0.39 is 63.4 Å². The molecule has 2 aliphatic heterocycles. The highest BCUT2D eigenvalue weighted by Crippen LogP contribution is 2.44. The first-order valence-corrected chi connectivity index (χ1v) is 23.5. The van der Waals surface area contributed by atoms with E-state index in [1.165, 1.54) is 24.3 Å². The van der Waals surface area contributed by atoms with Crippen molar-refractivity contribution in [3.8, 4) is 0 Å². The molecule has 15 heteroatoms. The molecule has 2 unspecified atom stereocenters. The number of nitrogens with zero attached hydrogens (tertiary/aromatic N) is 2. The number of ether oxygens (including phenoxy) is 2. The minimum atomic E-state index is -4.08. The maximum absolute atomic E-state index is 15.2. The molecule has 4 rings (SSSR count). The van der Waals surface area contributed by atoms with Crippen molar-refractivity contribution in [2.24, 2.45) is 11.8 Å². The summed E-state index contributed by atoms with van der Waals surface area (Å²) >= 11 is 0. The first-order valence-electron chi connectivity index (χ1n) is 18.1. The highest BCUT2D eigenvalue weighted by atomic mass is 32.2. The number of likely N-dealkylation sites (tertiary alicyclic amines) is 2. The molecule has 2 atom stereocenters. The van der Waals surface area contributed by atoms with Crippen molar-refractivity contribution in [3.63, 3.8) is 0 Å². The van der Waals surface area contributed by atoms with Crippen molar-refractivity contribution < 1.29 is 44.3 Å². The highest BCUT2D eigenvalue weighted by molar-refractivity contribution is 7.92. The van der Waals surface area contributed by atoms with Crippen LogP contribution in [0.5, 0.6) is 0 Å². The smallest absolute Gasteiger partial charge is 0.410 e. The molecule has 2 aromatic rings. The zero-order valence-corrected chi connectivity index (χ0v) is 34.7. The lowest BCUT2D eigenvalue weighted by molar-refractivity contribution is 0.0171. The zero-order valence-electron chi connectivity index (χ0n) is 32.2. The quantitative estimate of drug-likeness (QED) is 0.251. The van der Waals surface area contributed by atoms with E-state index in [1.54, 1.807) is 75.6 Å². The lowest BCUT2D eigenvalue weighted by Gasteiger charge is -2.37. The van der Waals surface area contributed by atoms with E-state index in [0.717, 1.165) is 12.5 Å². The van der Waals surface area contributed by atoms with Crippen molar-refractivity contribution in [1.82, 2.24) is 9.80 Å². The fraction of sp³-hybridized carbons (Fsp3) is 0.632. The Morgan fingerprint density at radius 1 is 0.585 bits per heavy atom. The van der Waals surface area contributed by atoms with Gasteiger partial charge in [0.15, 0.2) is 29.5 Å². The van der Waals surface area contributed by atoms with Crippen LogP contribution < -0.4 is 0 Å². The fourth-order valence-corrected chi connectivity index (χ4v) is 10.7. The molecule has 53 heavy (non-hydrogen) atoms. The van der Waals surface area contributed by atoms with Crippen LogP contribution in [0.3, 0.4) is 0 Å². The summed E-state index contributed by atoms with van der Waals surface area (Å²) in [6, 6.07) is 12.0. The van der Waals surface area contributed by atoms with E-state index >= 15 is 8.42 Å². The van der Waals surface area contributed by atoms with E-state index in [0.29, 0.717) is 63.0 Å². The minimum Gasteiger partial charge on any atom is -0.444 e. The van der Waals surface area contributed by atoms with Gasteiger partial charge in [0.2, 0.25) is 0 Å². The van der Waals surface area contributed by atoms with Gasteiger partial charge in [-0.15, -0.1) is 0 Å². The van der Waals surface area contributed by atoms with E-state index in [2.05, 4.69) is 0 Å². The third kappa shape index (κ3) is 11.9. The average molecular weight is 797 g/mol. The second-order valence-electron chi connectivity index (χ2n) is 16.5. The first-order chi connectivity index (χ1) is 24.3. The molecule has 0 saturated carbocycles. The summed E-state index contributed by atoms with van der Waals surface area (Å²) in [5.74, 6) is -0.123. The summed E-state index contributed by atoms with van der Waals surface area (Å²) in [6.45, 7) is 12.5. The molecule has 2 aromatic carbocycles. The summed E-state index contributed by atoms with van der Waals surface area (Å²) in [5, 5.41) is -2.04. The number of hydrogen-bond donors (Lipinski definition) is 0. The largest absolute Gasteiger partial charge is 0.444 e. The van der Waals surface area contributed by atoms with Gasteiger partial charge in [-0.2, -0.15) is 0 Å². The summed E-state index contributed by atoms with van der Waals surface area (Å²) < 4.78 is 90.7. The lowest BCUT2D eigenvalue weighted by atomic mass is 9.90. The molecule has 0 aliphatic carbocycles. The van der Waals surface area contributed by atoms with Crippen molar-refractivity contribution in [2.45, 2.75) is 112 Å². The molecule has 0 aromatic heterocycles. The predicted molar refractivity (Wildman–Crippen MR) is 204 cm³/mol. The van der Waals surface area contributed by atoms with Gasteiger partial charge in [0.25, 0.3) is 0 Å². The van der Waals surface area contributed by atoms with Gasteiger partial charge >= 0.3 is 12.2 Å². The van der Waals surface area contributed by atoms with Gasteiger partial charge in [0.1, 0.15) is 11.2 Å². The molecule has 0 N–H and O–H groups in total. The molecule has 12 nitrogen and oxygen atoms in total. The molecule has 2 amide bonds. The molecule has 296 valence electrons. The van der Waals surface area contributed by atoms with E-state index in [-0.39, 0.29) is 34.5 Å². The standard InChI is InChI=1S/C38H56N2O10S3/c1-37(2,3)49-35(41)39-21-17-27(18-22-39)25-33(29-9-13-31(14-10-29)51(7,43)44)53(47,48)34(30-11-15-32(16-12-30)52(8,45)46)26-28-19-23-40(24-20-28)36(42)50-38(4,5)6/h9-16,27-28,33-34H,17-26H2,1-8H3. The van der Waals surface area contributed by atoms with Gasteiger partial charge in [0, 0.05) is 38.7 Å². The lowest BCUT2D eigenvalue weighted by Crippen LogP contribution is -2.42. The zero-order chi connectivity index (χ0) is 39.6. The Bertz CT molecular complexity index is 1780. The Morgan fingerprint density at radius 2 is 0.868 bits per heavy atom. The first kappa shape index (κ1) is 42.6. The van der Waals surface area contributed by atoms with Crippen molar-refractivity contribution >= 4 is 41.7 Å². The molecular weight excluding hydrogens is 741 g/mol. The van der Waals surface area contributed by atoms with Crippen LogP contribution >= 0.6 is 0 Å². The van der Waals surface area contributed by atoms with Crippen LogP contribution in [-0.2, 0) is 39.0 Å². The summed E-state index contributed by atoms with van der Waals surface area (Å²) in [7, 11) is -11.2. The van der Waals surface area contributed by atoms with Crippen LogP contribution in [0, 0.1) is 11.8 Å². The molecule has 0 bridgehead atoms. The number of sulfone groups is 3. The Morgan fingerprint density at radius 3 is 1.11 bits per heavy atom. The number of carbonyl (C=O) groups is 2. The van der Waals surface area contributed by atoms with Crippen molar-refractivity contribution in [3.05, 3.63) is 59.7 Å². The second-order valence-corrected chi connectivity index (χ2v) is 22.9. The number of carbonyl (C=O) groups excluding carboxylic acids is 2. The van der Waals surface area contributed by atoms with Crippen LogP contribution in [0.25, 0.3) is 0 Å². The van der Waals surface area contributed by atoms with E-state index in [4.69, 9.17) is 9.47 Å². The third-order valence-corrected chi connectivity index (χ3v) is 14.6. The van der Waals surface area contributed by atoms with Gasteiger partial charge in [-0.1, -0.05) is 24.3 Å². The number of benzene rings is 2. The van der Waals surface area contributed by atoms with Gasteiger partial charge in [0.05, 0.1) is 20.3 Å².